The summed E-state index contributed by atoms with van der Waals surface area (Å²) in [5.41, 5.74) is 5.39. The van der Waals surface area contributed by atoms with E-state index in [1.54, 1.807) is 18.0 Å². The van der Waals surface area contributed by atoms with Crippen molar-refractivity contribution in [1.82, 2.24) is 29.3 Å². The molecule has 3 aromatic heterocycles. The van der Waals surface area contributed by atoms with E-state index in [4.69, 9.17) is 15.2 Å². The number of carbonyl (C=O) groups excluding carboxylic acids is 2. The van der Waals surface area contributed by atoms with Gasteiger partial charge in [-0.2, -0.15) is 4.98 Å². The molecule has 57 heavy (non-hydrogen) atoms. The molecular formula is C40H40F3N7O6S. The Morgan fingerprint density at radius 2 is 1.81 bits per heavy atom. The molecule has 17 heteroatoms. The smallest absolute Gasteiger partial charge is 0.295 e. The fourth-order valence-electron chi connectivity index (χ4n) is 7.31. The molecular weight excluding hydrogens is 764 g/mol. The maximum absolute atomic E-state index is 16.1. The number of nitrogen functional groups attached to an aromatic ring is 1. The van der Waals surface area contributed by atoms with E-state index >= 15 is 8.78 Å². The van der Waals surface area contributed by atoms with Gasteiger partial charge in [-0.25, -0.2) is 18.2 Å². The molecule has 2 fully saturated rings. The van der Waals surface area contributed by atoms with Crippen LogP contribution in [0, 0.1) is 25.6 Å². The van der Waals surface area contributed by atoms with Gasteiger partial charge in [-0.1, -0.05) is 30.3 Å². The number of benzene rings is 2. The number of aromatic nitrogens is 4. The van der Waals surface area contributed by atoms with Crippen molar-refractivity contribution in [2.45, 2.75) is 50.7 Å². The number of ether oxygens (including phenoxy) is 2. The highest BCUT2D eigenvalue weighted by atomic mass is 32.1. The van der Waals surface area contributed by atoms with Crippen molar-refractivity contribution in [2.75, 3.05) is 39.0 Å². The number of hydrogen-bond acceptors (Lipinski definition) is 11. The second-order valence-electron chi connectivity index (χ2n) is 14.3. The van der Waals surface area contributed by atoms with Crippen LogP contribution in [0.1, 0.15) is 45.4 Å². The number of carbonyl (C=O) groups is 2. The molecule has 0 unspecified atom stereocenters. The van der Waals surface area contributed by atoms with Crippen LogP contribution in [0.15, 0.2) is 77.7 Å². The van der Waals surface area contributed by atoms with Gasteiger partial charge >= 0.3 is 0 Å². The molecule has 0 aliphatic carbocycles. The fraction of sp³-hybridized carbons (Fsp3) is 0.350. The first-order valence-corrected chi connectivity index (χ1v) is 19.0. The van der Waals surface area contributed by atoms with E-state index in [-0.39, 0.29) is 49.3 Å². The summed E-state index contributed by atoms with van der Waals surface area (Å²) in [5.74, 6) is -7.30. The van der Waals surface area contributed by atoms with Gasteiger partial charge in [0.1, 0.15) is 21.2 Å². The number of piperidine rings is 2. The summed E-state index contributed by atoms with van der Waals surface area (Å²) in [6.45, 7) is 1.82. The quantitative estimate of drug-likeness (QED) is 0.196. The molecule has 2 amide bonds. The van der Waals surface area contributed by atoms with Crippen LogP contribution in [0.4, 0.5) is 19.1 Å². The predicted molar refractivity (Wildman–Crippen MR) is 205 cm³/mol. The van der Waals surface area contributed by atoms with Crippen LogP contribution in [0.2, 0.25) is 0 Å². The van der Waals surface area contributed by atoms with Gasteiger partial charge in [0.25, 0.3) is 17.4 Å². The van der Waals surface area contributed by atoms with Gasteiger partial charge in [0.15, 0.2) is 11.6 Å². The number of amides is 2. The van der Waals surface area contributed by atoms with E-state index in [1.165, 1.54) is 30.6 Å². The average Bonchev–Trinajstić information content (AvgIpc) is 3.59. The summed E-state index contributed by atoms with van der Waals surface area (Å²) in [4.78, 5) is 57.4. The van der Waals surface area contributed by atoms with Crippen LogP contribution >= 0.6 is 11.3 Å². The normalized spacial score (nSPS) is 20.6. The minimum Gasteiger partial charge on any atom is -0.494 e. The zero-order valence-corrected chi connectivity index (χ0v) is 32.1. The molecule has 298 valence electrons. The largest absolute Gasteiger partial charge is 0.494 e. The van der Waals surface area contributed by atoms with E-state index < -0.39 is 66.1 Å². The Morgan fingerprint density at radius 3 is 2.49 bits per heavy atom. The Hall–Kier alpha value is -5.81. The average molecular weight is 804 g/mol. The van der Waals surface area contributed by atoms with Crippen molar-refractivity contribution in [3.8, 4) is 28.0 Å². The fourth-order valence-corrected chi connectivity index (χ4v) is 8.34. The summed E-state index contributed by atoms with van der Waals surface area (Å²) in [6.07, 6.45) is 1.37. The van der Waals surface area contributed by atoms with Gasteiger partial charge in [-0.05, 0) is 50.1 Å². The summed E-state index contributed by atoms with van der Waals surface area (Å²) in [6, 6.07) is 17.5. The van der Waals surface area contributed by atoms with Gasteiger partial charge in [-0.15, -0.1) is 11.3 Å². The summed E-state index contributed by atoms with van der Waals surface area (Å²) >= 11 is 1.27. The molecule has 0 saturated carbocycles. The molecule has 3 atom stereocenters. The maximum Gasteiger partial charge on any atom is 0.295 e. The third-order valence-electron chi connectivity index (χ3n) is 10.6. The highest BCUT2D eigenvalue weighted by Crippen LogP contribution is 2.41. The van der Waals surface area contributed by atoms with Crippen molar-refractivity contribution < 1.29 is 37.3 Å². The van der Waals surface area contributed by atoms with E-state index in [2.05, 4.69) is 15.0 Å². The van der Waals surface area contributed by atoms with Crippen molar-refractivity contribution >= 4 is 29.1 Å². The molecule has 5 heterocycles. The van der Waals surface area contributed by atoms with E-state index in [0.717, 1.165) is 33.9 Å². The molecule has 2 aliphatic heterocycles. The topological polar surface area (TPSA) is 166 Å². The minimum atomic E-state index is -3.86. The number of nitrogens with zero attached hydrogens (tertiary/aromatic N) is 6. The van der Waals surface area contributed by atoms with Gasteiger partial charge in [-0.3, -0.25) is 23.9 Å². The zero-order chi connectivity index (χ0) is 40.6. The number of anilines is 1. The number of halogens is 3. The molecule has 2 aromatic carbocycles. The van der Waals surface area contributed by atoms with Crippen LogP contribution < -0.4 is 20.8 Å². The molecule has 0 bridgehead atoms. The molecule has 2 aliphatic rings. The summed E-state index contributed by atoms with van der Waals surface area (Å²) < 4.78 is 57.1. The van der Waals surface area contributed by atoms with Crippen molar-refractivity contribution in [2.24, 2.45) is 5.92 Å². The first-order chi connectivity index (χ1) is 27.2. The van der Waals surface area contributed by atoms with Crippen molar-refractivity contribution in [3.05, 3.63) is 111 Å². The summed E-state index contributed by atoms with van der Waals surface area (Å²) in [7, 11) is 1.26. The molecule has 0 radical (unpaired) electrons. The van der Waals surface area contributed by atoms with Crippen LogP contribution in [0.25, 0.3) is 10.6 Å². The Labute approximate surface area is 329 Å². The highest BCUT2D eigenvalue weighted by Gasteiger charge is 2.58. The van der Waals surface area contributed by atoms with E-state index in [9.17, 15) is 23.9 Å². The lowest BCUT2D eigenvalue weighted by atomic mass is 9.78. The van der Waals surface area contributed by atoms with Crippen LogP contribution in [-0.4, -0.2) is 91.1 Å². The Balaban J connectivity index is 1.06. The number of hydrogen-bond donors (Lipinski definition) is 2. The maximum atomic E-state index is 16.1. The molecule has 13 nitrogen and oxygen atoms in total. The van der Waals surface area contributed by atoms with Crippen molar-refractivity contribution in [1.29, 1.82) is 0 Å². The lowest BCUT2D eigenvalue weighted by Crippen LogP contribution is -2.64. The van der Waals surface area contributed by atoms with E-state index in [1.807, 2.05) is 49.4 Å². The number of aliphatic hydroxyl groups is 1. The Kier molecular flexibility index (Phi) is 10.8. The Morgan fingerprint density at radius 1 is 1.04 bits per heavy atom. The van der Waals surface area contributed by atoms with Gasteiger partial charge in [0.05, 0.1) is 32.0 Å². The number of methoxy groups -OCH3 is 1. The zero-order valence-electron chi connectivity index (χ0n) is 31.3. The number of nitrogens with two attached hydrogens (primary N) is 1. The number of thiazole rings is 1. The van der Waals surface area contributed by atoms with Crippen LogP contribution in [-0.2, 0) is 11.3 Å². The first-order valence-electron chi connectivity index (χ1n) is 18.2. The molecule has 7 rings (SSSR count). The number of pyridine rings is 1. The van der Waals surface area contributed by atoms with Crippen LogP contribution in [0.3, 0.4) is 0 Å². The number of aryl methyl sites for hydroxylation is 2. The SMILES string of the molecule is COc1cc(Oc2cc(=O)n(C[C@@]3(O)CCN(C(=O)[C@@H]4CCN(C(=O)c5sc(-c6ccc(C)nc6)nc5C)C[C@H]4c4ccccc4)CC3(F)F)c(N)n2)ccc1F. The minimum absolute atomic E-state index is 0.0756. The molecule has 5 aromatic rings. The number of rotatable bonds is 9. The van der Waals surface area contributed by atoms with Gasteiger partial charge in [0.2, 0.25) is 17.7 Å². The lowest BCUT2D eigenvalue weighted by molar-refractivity contribution is -0.223. The second-order valence-corrected chi connectivity index (χ2v) is 15.3. The first kappa shape index (κ1) is 39.4. The van der Waals surface area contributed by atoms with Gasteiger partial charge in [0, 0.05) is 61.4 Å². The standard InChI is InChI=1S/C40H40F3N7O6S/c1-23-9-10-26(19-45-23)35-46-24(2)34(57-35)37(53)48-15-13-28(29(20-48)25-7-5-4-6-8-25)36(52)49-16-14-39(54,40(42,43)22-49)21-50-33(51)18-32(47-38(50)44)56-27-11-12-30(41)31(17-27)55-3/h4-12,17-19,28-29,54H,13-16,20-22H2,1-3H3,(H2,44,47)/t28-,29+,39+/m1/s1. The Bertz CT molecular complexity index is 2360. The van der Waals surface area contributed by atoms with E-state index in [0.29, 0.717) is 20.1 Å². The lowest BCUT2D eigenvalue weighted by Gasteiger charge is -2.46. The second kappa shape index (κ2) is 15.6. The number of alkyl halides is 2. The van der Waals surface area contributed by atoms with Gasteiger partial charge < -0.3 is 30.1 Å². The summed E-state index contributed by atoms with van der Waals surface area (Å²) in [5, 5.41) is 12.0. The van der Waals surface area contributed by atoms with Crippen molar-refractivity contribution in [3.63, 3.8) is 0 Å². The van der Waals surface area contributed by atoms with Crippen LogP contribution in [0.5, 0.6) is 17.4 Å². The predicted octanol–water partition coefficient (Wildman–Crippen LogP) is 5.45. The monoisotopic (exact) mass is 803 g/mol. The molecule has 3 N–H and O–H groups in total. The number of likely N-dealkylation sites (tertiary alicyclic amines) is 2. The highest BCUT2D eigenvalue weighted by molar-refractivity contribution is 7.17. The molecule has 0 spiro atoms. The third kappa shape index (κ3) is 7.94. The molecule has 2 saturated heterocycles. The third-order valence-corrected chi connectivity index (χ3v) is 11.7.